The van der Waals surface area contributed by atoms with Crippen LogP contribution in [0.4, 0.5) is 5.69 Å². The summed E-state index contributed by atoms with van der Waals surface area (Å²) in [7, 11) is 0. The molecule has 0 aliphatic carbocycles. The van der Waals surface area contributed by atoms with Crippen LogP contribution in [0.3, 0.4) is 0 Å². The van der Waals surface area contributed by atoms with Crippen molar-refractivity contribution in [3.63, 3.8) is 0 Å². The van der Waals surface area contributed by atoms with Gasteiger partial charge in [0, 0.05) is 10.7 Å². The van der Waals surface area contributed by atoms with Gasteiger partial charge in [0.25, 0.3) is 5.91 Å². The number of hydrogen-bond donors (Lipinski definition) is 0. The maximum Gasteiger partial charge on any atom is 0.338 e. The third-order valence-electron chi connectivity index (χ3n) is 6.30. The molecule has 182 valence electrons. The predicted molar refractivity (Wildman–Crippen MR) is 139 cm³/mol. The number of esters is 1. The Balaban J connectivity index is 1.63. The molecular weight excluding hydrogens is 478 g/mol. The molecule has 2 heterocycles. The average Bonchev–Trinajstić information content (AvgIpc) is 3.17. The third-order valence-corrected chi connectivity index (χ3v) is 6.54. The molecule has 0 fully saturated rings. The summed E-state index contributed by atoms with van der Waals surface area (Å²) in [6, 6.07) is 18.2. The van der Waals surface area contributed by atoms with Crippen LogP contribution in [0.1, 0.15) is 63.4 Å². The highest BCUT2D eigenvalue weighted by Crippen LogP contribution is 2.41. The van der Waals surface area contributed by atoms with E-state index in [0.29, 0.717) is 39.4 Å². The van der Waals surface area contributed by atoms with Crippen molar-refractivity contribution in [3.05, 3.63) is 110 Å². The number of fused-ring (bicyclic) bond motifs is 2. The molecule has 6 nitrogen and oxygen atoms in total. The second-order valence-electron chi connectivity index (χ2n) is 8.84. The molecule has 0 bridgehead atoms. The van der Waals surface area contributed by atoms with Crippen molar-refractivity contribution in [1.29, 1.82) is 0 Å². The van der Waals surface area contributed by atoms with Crippen LogP contribution in [0.15, 0.2) is 75.9 Å². The topological polar surface area (TPSA) is 76.8 Å². The van der Waals surface area contributed by atoms with Crippen molar-refractivity contribution in [2.45, 2.75) is 32.7 Å². The number of benzene rings is 3. The number of amides is 1. The summed E-state index contributed by atoms with van der Waals surface area (Å²) >= 11 is 6.29. The first-order chi connectivity index (χ1) is 17.4. The summed E-state index contributed by atoms with van der Waals surface area (Å²) in [6.45, 7) is 4.27. The predicted octanol–water partition coefficient (Wildman–Crippen LogP) is 6.46. The summed E-state index contributed by atoms with van der Waals surface area (Å²) in [5, 5.41) is 0.903. The molecule has 1 amide bonds. The lowest BCUT2D eigenvalue weighted by Gasteiger charge is -2.25. The fourth-order valence-electron chi connectivity index (χ4n) is 4.50. The lowest BCUT2D eigenvalue weighted by Crippen LogP contribution is -2.29. The Morgan fingerprint density at radius 2 is 1.83 bits per heavy atom. The van der Waals surface area contributed by atoms with E-state index >= 15 is 0 Å². The van der Waals surface area contributed by atoms with Crippen LogP contribution in [0.25, 0.3) is 11.0 Å². The van der Waals surface area contributed by atoms with E-state index in [-0.39, 0.29) is 16.8 Å². The average molecular weight is 502 g/mol. The van der Waals surface area contributed by atoms with Gasteiger partial charge >= 0.3 is 5.97 Å². The van der Waals surface area contributed by atoms with E-state index in [1.807, 2.05) is 26.0 Å². The number of aryl methyl sites for hydroxylation is 1. The number of hydrogen-bond acceptors (Lipinski definition) is 5. The van der Waals surface area contributed by atoms with Gasteiger partial charge in [-0.3, -0.25) is 14.5 Å². The highest BCUT2D eigenvalue weighted by Gasteiger charge is 2.43. The van der Waals surface area contributed by atoms with Gasteiger partial charge in [0.2, 0.25) is 5.76 Å². The first-order valence-corrected chi connectivity index (χ1v) is 12.2. The number of nitrogens with zero attached hydrogens (tertiary/aromatic N) is 1. The largest absolute Gasteiger partial charge is 0.462 e. The number of unbranched alkanes of at least 4 members (excludes halogenated alkanes) is 1. The quantitative estimate of drug-likeness (QED) is 0.224. The normalized spacial score (nSPS) is 14.8. The molecule has 0 saturated heterocycles. The summed E-state index contributed by atoms with van der Waals surface area (Å²) in [5.41, 5.74) is 2.85. The van der Waals surface area contributed by atoms with Gasteiger partial charge in [-0.25, -0.2) is 4.79 Å². The number of rotatable bonds is 6. The number of carbonyl (C=O) groups excluding carboxylic acids is 2. The molecule has 0 spiro atoms. The van der Waals surface area contributed by atoms with E-state index in [9.17, 15) is 14.4 Å². The second kappa shape index (κ2) is 9.63. The summed E-state index contributed by atoms with van der Waals surface area (Å²) in [4.78, 5) is 41.3. The molecule has 1 atom stereocenters. The lowest BCUT2D eigenvalue weighted by atomic mass is 9.98. The summed E-state index contributed by atoms with van der Waals surface area (Å²) in [6.07, 6.45) is 1.72. The molecule has 3 aromatic carbocycles. The van der Waals surface area contributed by atoms with Crippen LogP contribution in [-0.2, 0) is 4.74 Å². The van der Waals surface area contributed by atoms with Crippen molar-refractivity contribution >= 4 is 40.1 Å². The minimum Gasteiger partial charge on any atom is -0.462 e. The van der Waals surface area contributed by atoms with Gasteiger partial charge < -0.3 is 9.15 Å². The van der Waals surface area contributed by atoms with Crippen molar-refractivity contribution in [2.75, 3.05) is 11.5 Å². The monoisotopic (exact) mass is 501 g/mol. The molecular formula is C29H24ClNO5. The summed E-state index contributed by atoms with van der Waals surface area (Å²) < 4.78 is 11.3. The number of halogens is 1. The fraction of sp³-hybridized carbons (Fsp3) is 0.207. The minimum absolute atomic E-state index is 0.00406. The molecule has 7 heteroatoms. The van der Waals surface area contributed by atoms with Crippen molar-refractivity contribution in [2.24, 2.45) is 0 Å². The Bertz CT molecular complexity index is 1540. The molecule has 1 aliphatic heterocycles. The SMILES string of the molecule is CCCCOC(=O)c1ccc(N2C(=O)c3oc4ccc(C)cc4c(=O)c3C2c2cccc(Cl)c2)cc1. The molecule has 0 radical (unpaired) electrons. The molecule has 5 rings (SSSR count). The summed E-state index contributed by atoms with van der Waals surface area (Å²) in [5.74, 6) is -0.854. The molecule has 36 heavy (non-hydrogen) atoms. The van der Waals surface area contributed by atoms with E-state index in [0.717, 1.165) is 18.4 Å². The molecule has 0 N–H and O–H groups in total. The Morgan fingerprint density at radius 1 is 1.06 bits per heavy atom. The van der Waals surface area contributed by atoms with Gasteiger partial charge in [-0.1, -0.05) is 48.7 Å². The van der Waals surface area contributed by atoms with Crippen LogP contribution >= 0.6 is 11.6 Å². The fourth-order valence-corrected chi connectivity index (χ4v) is 4.69. The maximum atomic E-state index is 13.7. The van der Waals surface area contributed by atoms with Gasteiger partial charge in [0.1, 0.15) is 5.58 Å². The van der Waals surface area contributed by atoms with E-state index in [4.69, 9.17) is 20.8 Å². The molecule has 1 unspecified atom stereocenters. The highest BCUT2D eigenvalue weighted by molar-refractivity contribution is 6.30. The first-order valence-electron chi connectivity index (χ1n) is 11.8. The number of carbonyl (C=O) groups is 2. The molecule has 1 aliphatic rings. The minimum atomic E-state index is -0.741. The van der Waals surface area contributed by atoms with Crippen LogP contribution in [0.5, 0.6) is 0 Å². The molecule has 4 aromatic rings. The van der Waals surface area contributed by atoms with E-state index in [1.54, 1.807) is 54.6 Å². The van der Waals surface area contributed by atoms with Crippen LogP contribution in [0.2, 0.25) is 5.02 Å². The van der Waals surface area contributed by atoms with Crippen LogP contribution < -0.4 is 10.3 Å². The van der Waals surface area contributed by atoms with Gasteiger partial charge in [0.15, 0.2) is 5.43 Å². The number of anilines is 1. The van der Waals surface area contributed by atoms with Crippen molar-refractivity contribution in [3.8, 4) is 0 Å². The van der Waals surface area contributed by atoms with Crippen molar-refractivity contribution < 1.29 is 18.7 Å². The highest BCUT2D eigenvalue weighted by atomic mass is 35.5. The van der Waals surface area contributed by atoms with Gasteiger partial charge in [-0.2, -0.15) is 0 Å². The van der Waals surface area contributed by atoms with Crippen LogP contribution in [0, 0.1) is 6.92 Å². The zero-order valence-electron chi connectivity index (χ0n) is 19.9. The molecule has 1 aromatic heterocycles. The number of ether oxygens (including phenoxy) is 1. The third kappa shape index (κ3) is 4.18. The van der Waals surface area contributed by atoms with E-state index < -0.39 is 17.9 Å². The Labute approximate surface area is 213 Å². The smallest absolute Gasteiger partial charge is 0.338 e. The maximum absolute atomic E-state index is 13.7. The van der Waals surface area contributed by atoms with Gasteiger partial charge in [-0.05, 0) is 67.4 Å². The standard InChI is InChI=1S/C29H24ClNO5/c1-3-4-14-35-29(34)18-9-11-21(12-10-18)31-25(19-6-5-7-20(30)16-19)24-26(32)22-15-17(2)8-13-23(22)36-27(24)28(31)33/h5-13,15-16,25H,3-4,14H2,1-2H3. The molecule has 0 saturated carbocycles. The van der Waals surface area contributed by atoms with E-state index in [1.165, 1.54) is 4.90 Å². The zero-order chi connectivity index (χ0) is 25.4. The van der Waals surface area contributed by atoms with Gasteiger partial charge in [0.05, 0.1) is 29.2 Å². The van der Waals surface area contributed by atoms with Gasteiger partial charge in [-0.15, -0.1) is 0 Å². The van der Waals surface area contributed by atoms with E-state index in [2.05, 4.69) is 0 Å². The zero-order valence-corrected chi connectivity index (χ0v) is 20.7. The Morgan fingerprint density at radius 3 is 2.56 bits per heavy atom. The second-order valence-corrected chi connectivity index (χ2v) is 9.28. The van der Waals surface area contributed by atoms with Crippen LogP contribution in [-0.4, -0.2) is 18.5 Å². The Kier molecular flexibility index (Phi) is 6.37. The first kappa shape index (κ1) is 23.8. The van der Waals surface area contributed by atoms with Crippen molar-refractivity contribution in [1.82, 2.24) is 0 Å². The Hall–Kier alpha value is -3.90. The lowest BCUT2D eigenvalue weighted by molar-refractivity contribution is 0.0499.